The molecular formula is C27H22FN5O3. The van der Waals surface area contributed by atoms with E-state index >= 15 is 0 Å². The summed E-state index contributed by atoms with van der Waals surface area (Å²) < 4.78 is 13.2. The van der Waals surface area contributed by atoms with Gasteiger partial charge >= 0.3 is 0 Å². The number of halogens is 1. The molecule has 0 fully saturated rings. The minimum Gasteiger partial charge on any atom is -0.355 e. The van der Waals surface area contributed by atoms with Gasteiger partial charge in [-0.2, -0.15) is 0 Å². The van der Waals surface area contributed by atoms with Crippen LogP contribution < -0.4 is 10.6 Å². The van der Waals surface area contributed by atoms with Crippen LogP contribution in [-0.4, -0.2) is 39.0 Å². The SMILES string of the molecule is CC(=O)N1CC(=O)c2c([nH]c(-c3ccnc(NC(=O)c4ccc(F)cc4)c3)c2Nc2ccccc2)C1. The standard InChI is InChI=1S/C27H22FN5O3/c1-16(34)33-14-21-24(22(35)15-33)26(30-20-5-3-2-4-6-20)25(31-21)18-11-12-29-23(13-18)32-27(36)17-7-9-19(28)10-8-17/h2-13,30-31H,14-15H2,1H3,(H,29,32,36). The fourth-order valence-corrected chi connectivity index (χ4v) is 4.15. The van der Waals surface area contributed by atoms with Gasteiger partial charge in [0.15, 0.2) is 5.78 Å². The highest BCUT2D eigenvalue weighted by atomic mass is 19.1. The number of benzene rings is 2. The maximum absolute atomic E-state index is 13.2. The third-order valence-corrected chi connectivity index (χ3v) is 5.93. The molecule has 0 unspecified atom stereocenters. The number of rotatable bonds is 5. The second-order valence-corrected chi connectivity index (χ2v) is 8.41. The van der Waals surface area contributed by atoms with Crippen molar-refractivity contribution in [1.29, 1.82) is 0 Å². The maximum atomic E-state index is 13.2. The first-order chi connectivity index (χ1) is 17.4. The molecule has 0 bridgehead atoms. The van der Waals surface area contributed by atoms with Gasteiger partial charge in [0.2, 0.25) is 5.91 Å². The number of carbonyl (C=O) groups is 3. The van der Waals surface area contributed by atoms with Crippen LogP contribution in [0, 0.1) is 5.82 Å². The van der Waals surface area contributed by atoms with Crippen molar-refractivity contribution in [3.8, 4) is 11.3 Å². The zero-order chi connectivity index (χ0) is 25.2. The summed E-state index contributed by atoms with van der Waals surface area (Å²) >= 11 is 0. The number of nitrogens with zero attached hydrogens (tertiary/aromatic N) is 2. The molecule has 3 heterocycles. The van der Waals surface area contributed by atoms with Crippen molar-refractivity contribution >= 4 is 34.8 Å². The number of H-pyrrole nitrogens is 1. The molecule has 1 aliphatic heterocycles. The van der Waals surface area contributed by atoms with Gasteiger partial charge < -0.3 is 20.5 Å². The molecule has 0 spiro atoms. The number of hydrogen-bond donors (Lipinski definition) is 3. The number of Topliss-reactive ketones (excluding diaryl/α,β-unsaturated/α-hetero) is 1. The summed E-state index contributed by atoms with van der Waals surface area (Å²) in [5.74, 6) is -0.931. The molecular weight excluding hydrogens is 461 g/mol. The van der Waals surface area contributed by atoms with E-state index in [4.69, 9.17) is 0 Å². The van der Waals surface area contributed by atoms with E-state index in [1.807, 2.05) is 30.3 Å². The van der Waals surface area contributed by atoms with Crippen LogP contribution >= 0.6 is 0 Å². The van der Waals surface area contributed by atoms with E-state index in [1.165, 1.54) is 36.1 Å². The largest absolute Gasteiger partial charge is 0.355 e. The maximum Gasteiger partial charge on any atom is 0.256 e. The number of anilines is 3. The second kappa shape index (κ2) is 9.46. The molecule has 3 N–H and O–H groups in total. The lowest BCUT2D eigenvalue weighted by molar-refractivity contribution is -0.129. The minimum atomic E-state index is -0.432. The minimum absolute atomic E-state index is 0.00157. The molecule has 2 aromatic carbocycles. The Morgan fingerprint density at radius 2 is 1.78 bits per heavy atom. The van der Waals surface area contributed by atoms with Gasteiger partial charge in [-0.1, -0.05) is 18.2 Å². The quantitative estimate of drug-likeness (QED) is 0.380. The normalized spacial score (nSPS) is 12.7. The van der Waals surface area contributed by atoms with Crippen LogP contribution in [0.1, 0.15) is 33.3 Å². The smallest absolute Gasteiger partial charge is 0.256 e. The van der Waals surface area contributed by atoms with Crippen molar-refractivity contribution in [2.75, 3.05) is 17.2 Å². The number of amides is 2. The van der Waals surface area contributed by atoms with E-state index in [0.29, 0.717) is 33.8 Å². The highest BCUT2D eigenvalue weighted by Gasteiger charge is 2.31. The molecule has 1 aliphatic rings. The van der Waals surface area contributed by atoms with Gasteiger partial charge in [0.25, 0.3) is 5.91 Å². The lowest BCUT2D eigenvalue weighted by Crippen LogP contribution is -2.38. The van der Waals surface area contributed by atoms with Gasteiger partial charge in [-0.3, -0.25) is 14.4 Å². The van der Waals surface area contributed by atoms with E-state index in [0.717, 1.165) is 5.69 Å². The molecule has 8 nitrogen and oxygen atoms in total. The van der Waals surface area contributed by atoms with Crippen molar-refractivity contribution in [1.82, 2.24) is 14.9 Å². The Morgan fingerprint density at radius 1 is 1.03 bits per heavy atom. The van der Waals surface area contributed by atoms with Gasteiger partial charge in [0.1, 0.15) is 11.6 Å². The summed E-state index contributed by atoms with van der Waals surface area (Å²) in [7, 11) is 0. The number of carbonyl (C=O) groups excluding carboxylic acids is 3. The summed E-state index contributed by atoms with van der Waals surface area (Å²) in [6.07, 6.45) is 1.55. The number of fused-ring (bicyclic) bond motifs is 1. The van der Waals surface area contributed by atoms with E-state index < -0.39 is 11.7 Å². The van der Waals surface area contributed by atoms with E-state index in [9.17, 15) is 18.8 Å². The number of ketones is 1. The summed E-state index contributed by atoms with van der Waals surface area (Å²) in [6.45, 7) is 1.71. The fraction of sp³-hybridized carbons (Fsp3) is 0.111. The van der Waals surface area contributed by atoms with Crippen molar-refractivity contribution in [2.45, 2.75) is 13.5 Å². The molecule has 36 heavy (non-hydrogen) atoms. The molecule has 2 amide bonds. The van der Waals surface area contributed by atoms with Crippen LogP contribution in [0.15, 0.2) is 72.9 Å². The highest BCUT2D eigenvalue weighted by molar-refractivity contribution is 6.09. The third kappa shape index (κ3) is 4.58. The molecule has 2 aromatic heterocycles. The van der Waals surface area contributed by atoms with Crippen molar-refractivity contribution in [2.24, 2.45) is 0 Å². The molecule has 4 aromatic rings. The monoisotopic (exact) mass is 483 g/mol. The lowest BCUT2D eigenvalue weighted by atomic mass is 10.0. The zero-order valence-corrected chi connectivity index (χ0v) is 19.3. The Kier molecular flexibility index (Phi) is 6.03. The van der Waals surface area contributed by atoms with Crippen LogP contribution in [0.2, 0.25) is 0 Å². The van der Waals surface area contributed by atoms with Crippen molar-refractivity contribution < 1.29 is 18.8 Å². The van der Waals surface area contributed by atoms with Gasteiger partial charge in [0, 0.05) is 35.6 Å². The molecule has 5 rings (SSSR count). The first-order valence-corrected chi connectivity index (χ1v) is 11.3. The fourth-order valence-electron chi connectivity index (χ4n) is 4.15. The summed E-state index contributed by atoms with van der Waals surface area (Å²) in [5.41, 5.74) is 4.10. The Bertz CT molecular complexity index is 1460. The predicted molar refractivity (Wildman–Crippen MR) is 134 cm³/mol. The van der Waals surface area contributed by atoms with Crippen molar-refractivity contribution in [3.63, 3.8) is 0 Å². The van der Waals surface area contributed by atoms with Gasteiger partial charge in [-0.25, -0.2) is 9.37 Å². The second-order valence-electron chi connectivity index (χ2n) is 8.41. The van der Waals surface area contributed by atoms with Gasteiger partial charge in [0.05, 0.1) is 30.0 Å². The van der Waals surface area contributed by atoms with E-state index in [2.05, 4.69) is 20.6 Å². The molecule has 0 saturated carbocycles. The number of aromatic nitrogens is 2. The van der Waals surface area contributed by atoms with Gasteiger partial charge in [-0.15, -0.1) is 0 Å². The Labute approximate surface area is 206 Å². The highest BCUT2D eigenvalue weighted by Crippen LogP contribution is 2.38. The molecule has 0 saturated heterocycles. The third-order valence-electron chi connectivity index (χ3n) is 5.93. The Morgan fingerprint density at radius 3 is 2.50 bits per heavy atom. The molecule has 0 atom stereocenters. The lowest BCUT2D eigenvalue weighted by Gasteiger charge is -2.25. The van der Waals surface area contributed by atoms with E-state index in [1.54, 1.807) is 18.3 Å². The van der Waals surface area contributed by atoms with Gasteiger partial charge in [-0.05, 0) is 48.5 Å². The topological polar surface area (TPSA) is 107 Å². The number of nitrogens with one attached hydrogen (secondary N) is 3. The summed E-state index contributed by atoms with van der Waals surface area (Å²) in [6, 6.07) is 18.1. The number of hydrogen-bond acceptors (Lipinski definition) is 5. The molecule has 0 radical (unpaired) electrons. The van der Waals surface area contributed by atoms with Crippen LogP contribution in [0.3, 0.4) is 0 Å². The molecule has 9 heteroatoms. The number of pyridine rings is 1. The van der Waals surface area contributed by atoms with Crippen LogP contribution in [-0.2, 0) is 11.3 Å². The molecule has 0 aliphatic carbocycles. The number of para-hydroxylation sites is 1. The Hall–Kier alpha value is -4.79. The number of aromatic amines is 1. The van der Waals surface area contributed by atoms with Crippen molar-refractivity contribution in [3.05, 3.63) is 95.6 Å². The first-order valence-electron chi connectivity index (χ1n) is 11.3. The summed E-state index contributed by atoms with van der Waals surface area (Å²) in [4.78, 5) is 46.7. The Balaban J connectivity index is 1.53. The predicted octanol–water partition coefficient (Wildman–Crippen LogP) is 4.76. The first kappa shape index (κ1) is 23.0. The van der Waals surface area contributed by atoms with Crippen LogP contribution in [0.4, 0.5) is 21.6 Å². The average Bonchev–Trinajstić information content (AvgIpc) is 3.24. The average molecular weight is 484 g/mol. The summed E-state index contributed by atoms with van der Waals surface area (Å²) in [5, 5.41) is 6.07. The van der Waals surface area contributed by atoms with E-state index in [-0.39, 0.29) is 30.6 Å². The van der Waals surface area contributed by atoms with Crippen LogP contribution in [0.25, 0.3) is 11.3 Å². The zero-order valence-electron chi connectivity index (χ0n) is 19.3. The van der Waals surface area contributed by atoms with Crippen LogP contribution in [0.5, 0.6) is 0 Å². The molecule has 180 valence electrons.